The first-order valence-corrected chi connectivity index (χ1v) is 7.58. The molecule has 2 aromatic heterocycles. The molecule has 0 unspecified atom stereocenters. The zero-order valence-corrected chi connectivity index (χ0v) is 13.2. The molecule has 8 nitrogen and oxygen atoms in total. The van der Waals surface area contributed by atoms with Crippen LogP contribution in [0, 0.1) is 17.3 Å². The number of rotatable bonds is 4. The Bertz CT molecular complexity index is 803. The van der Waals surface area contributed by atoms with E-state index in [1.165, 1.54) is 23.3 Å². The molecular weight excluding hydrogens is 337 g/mol. The van der Waals surface area contributed by atoms with Crippen LogP contribution >= 0.6 is 11.6 Å². The summed E-state index contributed by atoms with van der Waals surface area (Å²) < 4.78 is 14.4. The molecule has 0 aromatic carbocycles. The molecule has 1 N–H and O–H groups in total. The van der Waals surface area contributed by atoms with E-state index in [2.05, 4.69) is 20.4 Å². The topological polar surface area (TPSA) is 99.7 Å². The highest BCUT2D eigenvalue weighted by molar-refractivity contribution is 6.30. The number of hydrogen-bond donors (Lipinski definition) is 1. The first-order valence-electron chi connectivity index (χ1n) is 7.20. The Morgan fingerprint density at radius 3 is 3.08 bits per heavy atom. The van der Waals surface area contributed by atoms with Gasteiger partial charge in [0.15, 0.2) is 0 Å². The SMILES string of the molecule is N#Cc1ncn(CC(=O)N[C@H]2CCN(c3cnc(F)c(Cl)c3)C2)n1. The van der Waals surface area contributed by atoms with Crippen LogP contribution in [0.2, 0.25) is 5.02 Å². The van der Waals surface area contributed by atoms with Gasteiger partial charge in [-0.1, -0.05) is 11.6 Å². The highest BCUT2D eigenvalue weighted by atomic mass is 35.5. The van der Waals surface area contributed by atoms with Crippen molar-refractivity contribution in [2.75, 3.05) is 18.0 Å². The van der Waals surface area contributed by atoms with Crippen molar-refractivity contribution in [3.8, 4) is 6.07 Å². The first kappa shape index (κ1) is 16.1. The van der Waals surface area contributed by atoms with E-state index in [0.717, 1.165) is 6.42 Å². The highest BCUT2D eigenvalue weighted by Gasteiger charge is 2.25. The summed E-state index contributed by atoms with van der Waals surface area (Å²) >= 11 is 5.74. The van der Waals surface area contributed by atoms with Gasteiger partial charge in [-0.15, -0.1) is 5.10 Å². The summed E-state index contributed by atoms with van der Waals surface area (Å²) in [5.41, 5.74) is 0.716. The molecule has 2 aromatic rings. The van der Waals surface area contributed by atoms with Gasteiger partial charge in [-0.05, 0) is 12.5 Å². The van der Waals surface area contributed by atoms with Crippen LogP contribution < -0.4 is 10.2 Å². The fourth-order valence-electron chi connectivity index (χ4n) is 2.54. The molecular formula is C14H13ClFN7O. The molecule has 1 fully saturated rings. The molecule has 1 aliphatic rings. The normalized spacial score (nSPS) is 16.9. The van der Waals surface area contributed by atoms with E-state index in [0.29, 0.717) is 18.8 Å². The molecule has 3 rings (SSSR count). The summed E-state index contributed by atoms with van der Waals surface area (Å²) in [6.45, 7) is 1.28. The molecule has 1 amide bonds. The van der Waals surface area contributed by atoms with Gasteiger partial charge in [-0.3, -0.25) is 4.79 Å². The Balaban J connectivity index is 1.54. The van der Waals surface area contributed by atoms with Crippen LogP contribution in [0.15, 0.2) is 18.6 Å². The van der Waals surface area contributed by atoms with Crippen molar-refractivity contribution in [3.63, 3.8) is 0 Å². The van der Waals surface area contributed by atoms with Crippen molar-refractivity contribution in [2.45, 2.75) is 19.0 Å². The molecule has 24 heavy (non-hydrogen) atoms. The molecule has 3 heterocycles. The van der Waals surface area contributed by atoms with Gasteiger partial charge in [0, 0.05) is 19.1 Å². The second kappa shape index (κ2) is 6.80. The zero-order valence-electron chi connectivity index (χ0n) is 12.5. The number of halogens is 2. The van der Waals surface area contributed by atoms with Crippen LogP contribution in [-0.4, -0.2) is 44.8 Å². The van der Waals surface area contributed by atoms with Crippen LogP contribution in [0.4, 0.5) is 10.1 Å². The largest absolute Gasteiger partial charge is 0.368 e. The third-order valence-electron chi connectivity index (χ3n) is 3.64. The standard InChI is InChI=1S/C14H13ClFN7O/c15-11-3-10(5-18-14(11)16)22-2-1-9(6-22)20-13(24)7-23-8-19-12(4-17)21-23/h3,5,8-9H,1-2,6-7H2,(H,20,24)/t9-/m0/s1. The van der Waals surface area contributed by atoms with Crippen molar-refractivity contribution >= 4 is 23.2 Å². The van der Waals surface area contributed by atoms with Gasteiger partial charge in [0.25, 0.3) is 5.82 Å². The molecule has 1 aliphatic heterocycles. The Labute approximate surface area is 141 Å². The van der Waals surface area contributed by atoms with Crippen LogP contribution in [-0.2, 0) is 11.3 Å². The average molecular weight is 350 g/mol. The number of amides is 1. The van der Waals surface area contributed by atoms with Crippen molar-refractivity contribution in [3.05, 3.63) is 35.4 Å². The van der Waals surface area contributed by atoms with Gasteiger partial charge in [0.1, 0.15) is 18.9 Å². The van der Waals surface area contributed by atoms with E-state index in [9.17, 15) is 9.18 Å². The number of carbonyl (C=O) groups is 1. The smallest absolute Gasteiger partial charge is 0.252 e. The minimum absolute atomic E-state index is 0.00485. The van der Waals surface area contributed by atoms with Crippen LogP contribution in [0.1, 0.15) is 12.2 Å². The van der Waals surface area contributed by atoms with E-state index in [1.807, 2.05) is 4.90 Å². The van der Waals surface area contributed by atoms with E-state index in [-0.39, 0.29) is 29.3 Å². The molecule has 0 radical (unpaired) electrons. The number of nitrogens with zero attached hydrogens (tertiary/aromatic N) is 6. The number of hydrogen-bond acceptors (Lipinski definition) is 6. The monoisotopic (exact) mass is 349 g/mol. The first-order chi connectivity index (χ1) is 11.5. The number of anilines is 1. The van der Waals surface area contributed by atoms with Gasteiger partial charge in [-0.2, -0.15) is 9.65 Å². The lowest BCUT2D eigenvalue weighted by molar-refractivity contribution is -0.122. The number of nitriles is 1. The summed E-state index contributed by atoms with van der Waals surface area (Å²) in [4.78, 5) is 21.3. The summed E-state index contributed by atoms with van der Waals surface area (Å²) in [6, 6.07) is 3.28. The van der Waals surface area contributed by atoms with Crippen molar-refractivity contribution in [1.82, 2.24) is 25.1 Å². The van der Waals surface area contributed by atoms with Crippen molar-refractivity contribution < 1.29 is 9.18 Å². The summed E-state index contributed by atoms with van der Waals surface area (Å²) in [5, 5.41) is 15.4. The van der Waals surface area contributed by atoms with E-state index in [4.69, 9.17) is 16.9 Å². The van der Waals surface area contributed by atoms with Crippen LogP contribution in [0.25, 0.3) is 0 Å². The molecule has 1 atom stereocenters. The second-order valence-electron chi connectivity index (χ2n) is 5.34. The number of carbonyl (C=O) groups excluding carboxylic acids is 1. The Morgan fingerprint density at radius 2 is 2.38 bits per heavy atom. The minimum atomic E-state index is -0.700. The maximum atomic E-state index is 13.1. The lowest BCUT2D eigenvalue weighted by Crippen LogP contribution is -2.39. The minimum Gasteiger partial charge on any atom is -0.368 e. The van der Waals surface area contributed by atoms with Crippen molar-refractivity contribution in [1.29, 1.82) is 5.26 Å². The third-order valence-corrected chi connectivity index (χ3v) is 3.91. The van der Waals surface area contributed by atoms with Gasteiger partial charge >= 0.3 is 0 Å². The van der Waals surface area contributed by atoms with E-state index in [1.54, 1.807) is 6.07 Å². The van der Waals surface area contributed by atoms with Crippen LogP contribution in [0.5, 0.6) is 0 Å². The molecule has 0 spiro atoms. The molecule has 0 bridgehead atoms. The lowest BCUT2D eigenvalue weighted by Gasteiger charge is -2.19. The van der Waals surface area contributed by atoms with E-state index < -0.39 is 5.95 Å². The Morgan fingerprint density at radius 1 is 1.54 bits per heavy atom. The summed E-state index contributed by atoms with van der Waals surface area (Å²) in [7, 11) is 0. The van der Waals surface area contributed by atoms with Gasteiger partial charge in [0.05, 0.1) is 16.9 Å². The molecule has 10 heteroatoms. The van der Waals surface area contributed by atoms with Gasteiger partial charge in [-0.25, -0.2) is 14.6 Å². The number of pyridine rings is 1. The predicted octanol–water partition coefficient (Wildman–Crippen LogP) is 0.732. The maximum Gasteiger partial charge on any atom is 0.252 e. The number of nitrogens with one attached hydrogen (secondary N) is 1. The predicted molar refractivity (Wildman–Crippen MR) is 82.7 cm³/mol. The van der Waals surface area contributed by atoms with Crippen LogP contribution in [0.3, 0.4) is 0 Å². The summed E-state index contributed by atoms with van der Waals surface area (Å²) in [6.07, 6.45) is 3.51. The molecule has 124 valence electrons. The molecule has 0 saturated carbocycles. The van der Waals surface area contributed by atoms with Gasteiger partial charge in [0.2, 0.25) is 11.9 Å². The second-order valence-corrected chi connectivity index (χ2v) is 5.75. The summed E-state index contributed by atoms with van der Waals surface area (Å²) in [5.74, 6) is -0.893. The number of aromatic nitrogens is 4. The zero-order chi connectivity index (χ0) is 17.1. The average Bonchev–Trinajstić information content (AvgIpc) is 3.19. The Kier molecular flexibility index (Phi) is 4.57. The third kappa shape index (κ3) is 3.60. The fraction of sp³-hybridized carbons (Fsp3) is 0.357. The lowest BCUT2D eigenvalue weighted by atomic mass is 10.2. The van der Waals surface area contributed by atoms with Crippen molar-refractivity contribution in [2.24, 2.45) is 0 Å². The molecule has 1 saturated heterocycles. The maximum absolute atomic E-state index is 13.1. The fourth-order valence-corrected chi connectivity index (χ4v) is 2.70. The highest BCUT2D eigenvalue weighted by Crippen LogP contribution is 2.24. The Hall–Kier alpha value is -2.73. The molecule has 0 aliphatic carbocycles. The van der Waals surface area contributed by atoms with E-state index >= 15 is 0 Å². The van der Waals surface area contributed by atoms with Gasteiger partial charge < -0.3 is 10.2 Å². The quantitative estimate of drug-likeness (QED) is 0.817.